The topological polar surface area (TPSA) is 103 Å². The number of hydrogen-bond donors (Lipinski definition) is 4. The first-order valence-electron chi connectivity index (χ1n) is 14.4. The van der Waals surface area contributed by atoms with Gasteiger partial charge in [0.2, 0.25) is 5.91 Å². The molecule has 5 rings (SSSR count). The average Bonchev–Trinajstić information content (AvgIpc) is 3.29. The quantitative estimate of drug-likeness (QED) is 0.411. The van der Waals surface area contributed by atoms with E-state index in [1.807, 2.05) is 30.5 Å². The highest BCUT2D eigenvalue weighted by Gasteiger charge is 2.43. The molecule has 0 aliphatic heterocycles. The zero-order valence-electron chi connectivity index (χ0n) is 22.3. The lowest BCUT2D eigenvalue weighted by atomic mass is 9.65. The van der Waals surface area contributed by atoms with E-state index in [0.29, 0.717) is 24.7 Å². The third kappa shape index (κ3) is 5.66. The summed E-state index contributed by atoms with van der Waals surface area (Å²) in [7, 11) is 0. The van der Waals surface area contributed by atoms with Crippen molar-refractivity contribution < 1.29 is 19.4 Å². The Balaban J connectivity index is 1.35. The molecule has 37 heavy (non-hydrogen) atoms. The number of aliphatic hydroxyl groups excluding tert-OH is 1. The molecule has 1 aromatic carbocycles. The molecule has 0 spiro atoms. The molecule has 0 saturated heterocycles. The minimum absolute atomic E-state index is 0.0953. The van der Waals surface area contributed by atoms with Crippen LogP contribution in [0, 0.1) is 17.8 Å². The van der Waals surface area contributed by atoms with Gasteiger partial charge < -0.3 is 25.5 Å². The van der Waals surface area contributed by atoms with E-state index < -0.39 is 17.7 Å². The number of H-pyrrole nitrogens is 1. The number of aromatic nitrogens is 1. The molecule has 7 nitrogen and oxygen atoms in total. The van der Waals surface area contributed by atoms with E-state index in [-0.39, 0.29) is 18.1 Å². The average molecular weight is 510 g/mol. The Morgan fingerprint density at radius 1 is 1.11 bits per heavy atom. The zero-order chi connectivity index (χ0) is 26.0. The van der Waals surface area contributed by atoms with Crippen LogP contribution in [0.3, 0.4) is 0 Å². The van der Waals surface area contributed by atoms with Gasteiger partial charge in [-0.15, -0.1) is 0 Å². The molecule has 4 N–H and O–H groups in total. The molecule has 2 amide bonds. The Kier molecular flexibility index (Phi) is 7.80. The molecule has 2 bridgehead atoms. The van der Waals surface area contributed by atoms with Crippen LogP contribution in [0.2, 0.25) is 0 Å². The van der Waals surface area contributed by atoms with Crippen molar-refractivity contribution in [3.8, 4) is 0 Å². The number of carbonyl (C=O) groups is 2. The first kappa shape index (κ1) is 26.1. The lowest BCUT2D eigenvalue weighted by Crippen LogP contribution is -2.62. The first-order chi connectivity index (χ1) is 17.9. The maximum atomic E-state index is 13.8. The molecule has 3 aliphatic rings. The van der Waals surface area contributed by atoms with E-state index in [1.54, 1.807) is 6.92 Å². The summed E-state index contributed by atoms with van der Waals surface area (Å²) in [4.78, 5) is 30.5. The van der Waals surface area contributed by atoms with Crippen LogP contribution in [0.1, 0.15) is 83.6 Å². The van der Waals surface area contributed by atoms with Gasteiger partial charge in [-0.25, -0.2) is 4.79 Å². The van der Waals surface area contributed by atoms with Gasteiger partial charge in [0, 0.05) is 23.5 Å². The molecule has 4 unspecified atom stereocenters. The Morgan fingerprint density at radius 3 is 2.73 bits per heavy atom. The lowest BCUT2D eigenvalue weighted by molar-refractivity contribution is -0.129. The number of benzene rings is 1. The molecule has 3 aliphatic carbocycles. The van der Waals surface area contributed by atoms with Gasteiger partial charge in [-0.3, -0.25) is 4.79 Å². The van der Waals surface area contributed by atoms with Crippen LogP contribution in [0.15, 0.2) is 30.5 Å². The summed E-state index contributed by atoms with van der Waals surface area (Å²) in [6, 6.07) is 7.67. The number of aliphatic hydroxyl groups is 1. The number of rotatable bonds is 7. The summed E-state index contributed by atoms with van der Waals surface area (Å²) in [5, 5.41) is 17.6. The van der Waals surface area contributed by atoms with Gasteiger partial charge >= 0.3 is 6.09 Å². The number of ether oxygens (including phenoxy) is 1. The van der Waals surface area contributed by atoms with Crippen LogP contribution in [0.25, 0.3) is 10.9 Å². The van der Waals surface area contributed by atoms with E-state index in [1.165, 1.54) is 12.8 Å². The third-order valence-corrected chi connectivity index (χ3v) is 9.30. The standard InChI is InChI=1S/C30H43N3O4/c1-3-20-15-19-9-8-10-21(16-19)27(20)37-29(36)33-30(2,28(35)32-25-13-6-7-14-26(25)34)17-22-18-31-24-12-5-4-11-23(22)24/h4-5,11-12,18-21,25-27,31,34H,3,6-10,13-17H2,1-2H3,(H,32,35)(H,33,36)/t19?,20?,21?,25-,26-,27?,30+/m0/s1. The van der Waals surface area contributed by atoms with Crippen LogP contribution >= 0.6 is 0 Å². The van der Waals surface area contributed by atoms with E-state index in [4.69, 9.17) is 4.74 Å². The minimum Gasteiger partial charge on any atom is -0.446 e. The second-order valence-corrected chi connectivity index (χ2v) is 12.0. The fourth-order valence-electron chi connectivity index (χ4n) is 7.21. The van der Waals surface area contributed by atoms with Gasteiger partial charge in [-0.05, 0) is 74.8 Å². The molecular formula is C30H43N3O4. The van der Waals surface area contributed by atoms with Gasteiger partial charge in [0.05, 0.1) is 12.1 Å². The van der Waals surface area contributed by atoms with Gasteiger partial charge in [-0.2, -0.15) is 0 Å². The monoisotopic (exact) mass is 509 g/mol. The van der Waals surface area contributed by atoms with Gasteiger partial charge in [0.1, 0.15) is 11.6 Å². The van der Waals surface area contributed by atoms with Crippen molar-refractivity contribution in [1.29, 1.82) is 0 Å². The summed E-state index contributed by atoms with van der Waals surface area (Å²) in [6.07, 6.45) is 11.3. The van der Waals surface area contributed by atoms with Crippen molar-refractivity contribution in [1.82, 2.24) is 15.6 Å². The van der Waals surface area contributed by atoms with E-state index in [0.717, 1.165) is 67.3 Å². The smallest absolute Gasteiger partial charge is 0.408 e. The number of nitrogens with one attached hydrogen (secondary N) is 3. The molecule has 7 heteroatoms. The number of aromatic amines is 1. The number of amides is 2. The predicted octanol–water partition coefficient (Wildman–Crippen LogP) is 5.22. The molecule has 0 radical (unpaired) electrons. The minimum atomic E-state index is -1.23. The normalized spacial score (nSPS) is 31.3. The zero-order valence-corrected chi connectivity index (χ0v) is 22.3. The van der Waals surface area contributed by atoms with Crippen LogP contribution in [0.4, 0.5) is 4.79 Å². The van der Waals surface area contributed by atoms with Crippen molar-refractivity contribution in [3.05, 3.63) is 36.0 Å². The molecular weight excluding hydrogens is 466 g/mol. The maximum absolute atomic E-state index is 13.8. The molecule has 202 valence electrons. The van der Waals surface area contributed by atoms with Crippen molar-refractivity contribution >= 4 is 22.9 Å². The number of fused-ring (bicyclic) bond motifs is 3. The van der Waals surface area contributed by atoms with E-state index in [9.17, 15) is 14.7 Å². The van der Waals surface area contributed by atoms with Gasteiger partial charge in [0.15, 0.2) is 0 Å². The predicted molar refractivity (Wildman–Crippen MR) is 144 cm³/mol. The highest BCUT2D eigenvalue weighted by atomic mass is 16.6. The summed E-state index contributed by atoms with van der Waals surface area (Å²) >= 11 is 0. The largest absolute Gasteiger partial charge is 0.446 e. The Hall–Kier alpha value is -2.54. The van der Waals surface area contributed by atoms with Gasteiger partial charge in [0.25, 0.3) is 0 Å². The van der Waals surface area contributed by atoms with Crippen molar-refractivity contribution in [2.75, 3.05) is 0 Å². The Bertz CT molecular complexity index is 1100. The van der Waals surface area contributed by atoms with Crippen LogP contribution < -0.4 is 10.6 Å². The summed E-state index contributed by atoms with van der Waals surface area (Å²) in [5.74, 6) is 1.26. The van der Waals surface area contributed by atoms with E-state index in [2.05, 4.69) is 22.5 Å². The molecule has 1 heterocycles. The second-order valence-electron chi connectivity index (χ2n) is 12.0. The van der Waals surface area contributed by atoms with Crippen molar-refractivity contribution in [2.24, 2.45) is 17.8 Å². The van der Waals surface area contributed by atoms with Crippen LogP contribution in [-0.2, 0) is 16.0 Å². The molecule has 2 aromatic rings. The number of carbonyl (C=O) groups excluding carboxylic acids is 2. The number of hydrogen-bond acceptors (Lipinski definition) is 4. The fraction of sp³-hybridized carbons (Fsp3) is 0.667. The lowest BCUT2D eigenvalue weighted by Gasteiger charge is -2.44. The first-order valence-corrected chi connectivity index (χ1v) is 14.4. The fourth-order valence-corrected chi connectivity index (χ4v) is 7.21. The molecule has 3 fully saturated rings. The summed E-state index contributed by atoms with van der Waals surface area (Å²) in [6.45, 7) is 3.96. The number of alkyl carbamates (subject to hydrolysis) is 1. The maximum Gasteiger partial charge on any atom is 0.408 e. The van der Waals surface area contributed by atoms with Crippen LogP contribution in [0.5, 0.6) is 0 Å². The third-order valence-electron chi connectivity index (χ3n) is 9.30. The summed E-state index contributed by atoms with van der Waals surface area (Å²) in [5.41, 5.74) is 0.715. The number of para-hydroxylation sites is 1. The molecule has 7 atom stereocenters. The second kappa shape index (κ2) is 11.1. The Morgan fingerprint density at radius 2 is 1.92 bits per heavy atom. The highest BCUT2D eigenvalue weighted by molar-refractivity contribution is 5.91. The SMILES string of the molecule is CCC1CC2CCCC(C2)C1OC(=O)N[C@](C)(Cc1c[nH]c2ccccc12)C(=O)N[C@H]1CCCC[C@@H]1O. The molecule has 1 aromatic heterocycles. The van der Waals surface area contributed by atoms with Crippen molar-refractivity contribution in [2.45, 2.75) is 108 Å². The van der Waals surface area contributed by atoms with E-state index >= 15 is 0 Å². The van der Waals surface area contributed by atoms with Crippen LogP contribution in [-0.4, -0.2) is 45.9 Å². The van der Waals surface area contributed by atoms with Gasteiger partial charge in [-0.1, -0.05) is 50.8 Å². The summed E-state index contributed by atoms with van der Waals surface area (Å²) < 4.78 is 6.16. The van der Waals surface area contributed by atoms with Crippen molar-refractivity contribution in [3.63, 3.8) is 0 Å². The Labute approximate surface area is 220 Å². The highest BCUT2D eigenvalue weighted by Crippen LogP contribution is 2.45. The molecule has 3 saturated carbocycles.